The van der Waals surface area contributed by atoms with Crippen molar-refractivity contribution in [3.8, 4) is 0 Å². The molecule has 134 valence electrons. The SMILES string of the molecule is Cc1ncsc1C(=O)N1CCN(Cc2ccccc2F)C[C@@H]1C(C)C. The summed E-state index contributed by atoms with van der Waals surface area (Å²) in [5, 5.41) is 0. The number of nitrogens with zero attached hydrogens (tertiary/aromatic N) is 3. The molecule has 0 saturated carbocycles. The molecular weight excluding hydrogens is 337 g/mol. The molecule has 0 unspecified atom stereocenters. The van der Waals surface area contributed by atoms with Crippen LogP contribution in [0.15, 0.2) is 29.8 Å². The van der Waals surface area contributed by atoms with Gasteiger partial charge in [-0.3, -0.25) is 9.69 Å². The van der Waals surface area contributed by atoms with E-state index < -0.39 is 0 Å². The molecule has 1 fully saturated rings. The van der Waals surface area contributed by atoms with E-state index in [4.69, 9.17) is 0 Å². The van der Waals surface area contributed by atoms with Crippen molar-refractivity contribution in [3.63, 3.8) is 0 Å². The number of aromatic nitrogens is 1. The average molecular weight is 361 g/mol. The van der Waals surface area contributed by atoms with Crippen LogP contribution >= 0.6 is 11.3 Å². The topological polar surface area (TPSA) is 36.4 Å². The van der Waals surface area contributed by atoms with Gasteiger partial charge in [-0.05, 0) is 18.9 Å². The number of aryl methyl sites for hydroxylation is 1. The number of carbonyl (C=O) groups excluding carboxylic acids is 1. The Morgan fingerprint density at radius 1 is 1.36 bits per heavy atom. The summed E-state index contributed by atoms with van der Waals surface area (Å²) in [5.74, 6) is 0.243. The van der Waals surface area contributed by atoms with E-state index in [2.05, 4.69) is 23.7 Å². The molecule has 4 nitrogen and oxygen atoms in total. The minimum atomic E-state index is -0.164. The van der Waals surface area contributed by atoms with Crippen molar-refractivity contribution in [1.82, 2.24) is 14.8 Å². The minimum Gasteiger partial charge on any atom is -0.332 e. The van der Waals surface area contributed by atoms with Crippen LogP contribution in [0.3, 0.4) is 0 Å². The summed E-state index contributed by atoms with van der Waals surface area (Å²) in [6, 6.07) is 7.03. The van der Waals surface area contributed by atoms with Gasteiger partial charge in [0.2, 0.25) is 0 Å². The van der Waals surface area contributed by atoms with E-state index in [0.29, 0.717) is 24.6 Å². The van der Waals surface area contributed by atoms with Crippen LogP contribution in [0.5, 0.6) is 0 Å². The summed E-state index contributed by atoms with van der Waals surface area (Å²) >= 11 is 1.40. The predicted octanol–water partition coefficient (Wildman–Crippen LogP) is 3.57. The van der Waals surface area contributed by atoms with Crippen LogP contribution in [-0.4, -0.2) is 46.4 Å². The van der Waals surface area contributed by atoms with Gasteiger partial charge < -0.3 is 4.90 Å². The van der Waals surface area contributed by atoms with Gasteiger partial charge in [0, 0.05) is 37.8 Å². The van der Waals surface area contributed by atoms with Gasteiger partial charge in [-0.25, -0.2) is 9.37 Å². The molecule has 2 aromatic rings. The second-order valence-corrected chi connectivity index (χ2v) is 7.76. The zero-order chi connectivity index (χ0) is 18.0. The predicted molar refractivity (Wildman–Crippen MR) is 98.2 cm³/mol. The normalized spacial score (nSPS) is 18.8. The number of amides is 1. The van der Waals surface area contributed by atoms with Crippen molar-refractivity contribution >= 4 is 17.2 Å². The first-order valence-corrected chi connectivity index (χ1v) is 9.52. The molecule has 0 N–H and O–H groups in total. The summed E-state index contributed by atoms with van der Waals surface area (Å²) in [6.45, 7) is 8.90. The molecule has 0 aliphatic carbocycles. The Morgan fingerprint density at radius 2 is 2.12 bits per heavy atom. The third-order valence-corrected chi connectivity index (χ3v) is 5.74. The first-order chi connectivity index (χ1) is 12.0. The lowest BCUT2D eigenvalue weighted by Gasteiger charge is -2.43. The highest BCUT2D eigenvalue weighted by Gasteiger charge is 2.34. The van der Waals surface area contributed by atoms with Gasteiger partial charge >= 0.3 is 0 Å². The van der Waals surface area contributed by atoms with Crippen LogP contribution in [0.4, 0.5) is 4.39 Å². The van der Waals surface area contributed by atoms with Crippen molar-refractivity contribution in [1.29, 1.82) is 0 Å². The Morgan fingerprint density at radius 3 is 2.76 bits per heavy atom. The maximum absolute atomic E-state index is 13.9. The number of halogens is 1. The maximum Gasteiger partial charge on any atom is 0.266 e. The molecule has 1 atom stereocenters. The molecule has 1 aliphatic rings. The first kappa shape index (κ1) is 18.0. The highest BCUT2D eigenvalue weighted by atomic mass is 32.1. The monoisotopic (exact) mass is 361 g/mol. The number of hydrogen-bond donors (Lipinski definition) is 0. The fourth-order valence-corrected chi connectivity index (χ4v) is 4.10. The Kier molecular flexibility index (Phi) is 5.49. The van der Waals surface area contributed by atoms with E-state index >= 15 is 0 Å². The molecule has 0 bridgehead atoms. The largest absolute Gasteiger partial charge is 0.332 e. The Balaban J connectivity index is 1.74. The van der Waals surface area contributed by atoms with Crippen molar-refractivity contribution < 1.29 is 9.18 Å². The molecule has 1 amide bonds. The van der Waals surface area contributed by atoms with E-state index in [1.165, 1.54) is 17.4 Å². The Labute approximate surface area is 152 Å². The second kappa shape index (κ2) is 7.62. The van der Waals surface area contributed by atoms with Gasteiger partial charge in [0.15, 0.2) is 0 Å². The molecule has 0 spiro atoms. The van der Waals surface area contributed by atoms with Crippen LogP contribution in [0.25, 0.3) is 0 Å². The summed E-state index contributed by atoms with van der Waals surface area (Å²) in [7, 11) is 0. The highest BCUT2D eigenvalue weighted by Crippen LogP contribution is 2.24. The zero-order valence-corrected chi connectivity index (χ0v) is 15.7. The van der Waals surface area contributed by atoms with Crippen molar-refractivity contribution in [2.24, 2.45) is 5.92 Å². The van der Waals surface area contributed by atoms with Crippen LogP contribution in [0, 0.1) is 18.7 Å². The second-order valence-electron chi connectivity index (χ2n) is 6.90. The molecule has 1 aromatic heterocycles. The lowest BCUT2D eigenvalue weighted by molar-refractivity contribution is 0.0329. The zero-order valence-electron chi connectivity index (χ0n) is 14.9. The van der Waals surface area contributed by atoms with Gasteiger partial charge in [0.1, 0.15) is 10.7 Å². The van der Waals surface area contributed by atoms with E-state index in [-0.39, 0.29) is 17.8 Å². The summed E-state index contributed by atoms with van der Waals surface area (Å²) in [6.07, 6.45) is 0. The number of hydrogen-bond acceptors (Lipinski definition) is 4. The Bertz CT molecular complexity index is 746. The molecule has 25 heavy (non-hydrogen) atoms. The molecule has 1 aliphatic heterocycles. The van der Waals surface area contributed by atoms with Gasteiger partial charge in [-0.2, -0.15) is 0 Å². The third-order valence-electron chi connectivity index (χ3n) is 4.82. The van der Waals surface area contributed by atoms with Gasteiger partial charge in [0.25, 0.3) is 5.91 Å². The van der Waals surface area contributed by atoms with Crippen LogP contribution in [0.1, 0.15) is 34.8 Å². The highest BCUT2D eigenvalue weighted by molar-refractivity contribution is 7.11. The maximum atomic E-state index is 13.9. The molecule has 6 heteroatoms. The molecule has 1 aromatic carbocycles. The number of carbonyl (C=O) groups is 1. The quantitative estimate of drug-likeness (QED) is 0.835. The van der Waals surface area contributed by atoms with E-state index in [9.17, 15) is 9.18 Å². The standard InChI is InChI=1S/C19H24FN3OS/c1-13(2)17-11-22(10-15-6-4-5-7-16(15)20)8-9-23(17)19(24)18-14(3)21-12-25-18/h4-7,12-13,17H,8-11H2,1-3H3/t17-/m1/s1. The first-order valence-electron chi connectivity index (χ1n) is 8.64. The Hall–Kier alpha value is -1.79. The molecule has 1 saturated heterocycles. The van der Waals surface area contributed by atoms with Crippen LogP contribution in [0.2, 0.25) is 0 Å². The molecule has 2 heterocycles. The number of benzene rings is 1. The van der Waals surface area contributed by atoms with Gasteiger partial charge in [-0.15, -0.1) is 11.3 Å². The van der Waals surface area contributed by atoms with E-state index in [1.807, 2.05) is 24.0 Å². The fraction of sp³-hybridized carbons (Fsp3) is 0.474. The summed E-state index contributed by atoms with van der Waals surface area (Å²) in [5.41, 5.74) is 3.23. The summed E-state index contributed by atoms with van der Waals surface area (Å²) < 4.78 is 13.9. The molecule has 3 rings (SSSR count). The molecular formula is C19H24FN3OS. The van der Waals surface area contributed by atoms with Crippen molar-refractivity contribution in [2.45, 2.75) is 33.4 Å². The lowest BCUT2D eigenvalue weighted by Crippen LogP contribution is -2.56. The number of piperazine rings is 1. The summed E-state index contributed by atoms with van der Waals surface area (Å²) in [4.78, 5) is 22.1. The average Bonchev–Trinajstić information content (AvgIpc) is 3.02. The molecule has 0 radical (unpaired) electrons. The fourth-order valence-electron chi connectivity index (χ4n) is 3.34. The number of rotatable bonds is 4. The van der Waals surface area contributed by atoms with Gasteiger partial charge in [0.05, 0.1) is 11.2 Å². The van der Waals surface area contributed by atoms with Crippen LogP contribution < -0.4 is 0 Å². The number of thiazole rings is 1. The van der Waals surface area contributed by atoms with Crippen molar-refractivity contribution in [3.05, 3.63) is 51.7 Å². The lowest BCUT2D eigenvalue weighted by atomic mass is 9.98. The van der Waals surface area contributed by atoms with E-state index in [1.54, 1.807) is 11.6 Å². The minimum absolute atomic E-state index is 0.0734. The third kappa shape index (κ3) is 3.90. The van der Waals surface area contributed by atoms with Crippen molar-refractivity contribution in [2.75, 3.05) is 19.6 Å². The smallest absolute Gasteiger partial charge is 0.266 e. The van der Waals surface area contributed by atoms with E-state index in [0.717, 1.165) is 23.7 Å². The van der Waals surface area contributed by atoms with Crippen LogP contribution in [-0.2, 0) is 6.54 Å². The van der Waals surface area contributed by atoms with Gasteiger partial charge in [-0.1, -0.05) is 32.0 Å².